The van der Waals surface area contributed by atoms with Gasteiger partial charge in [-0.05, 0) is 25.7 Å². The summed E-state index contributed by atoms with van der Waals surface area (Å²) in [6.45, 7) is 0. The fraction of sp³-hybridized carbons (Fsp3) is 0.857. The second-order valence-corrected chi connectivity index (χ2v) is 7.61. The van der Waals surface area contributed by atoms with Crippen LogP contribution >= 0.6 is 7.60 Å². The van der Waals surface area contributed by atoms with Crippen LogP contribution in [0.3, 0.4) is 0 Å². The molecule has 2 saturated carbocycles. The number of allylic oxidation sites excluding steroid dienone is 2. The Hall–Kier alpha value is -0.250. The predicted octanol–water partition coefficient (Wildman–Crippen LogP) is 4.10. The molecule has 0 aliphatic heterocycles. The van der Waals surface area contributed by atoms with Crippen molar-refractivity contribution in [2.24, 2.45) is 11.8 Å². The molecule has 0 saturated heterocycles. The maximum absolute atomic E-state index is 14.0. The molecular formula is C14H23F2O3P. The van der Waals surface area contributed by atoms with E-state index in [0.29, 0.717) is 25.7 Å². The standard InChI is InChI=1S/C14H23F2O3P/c15-12-7-3-1-5-10(12)9-14(20(17,18)19)11-6-2-4-8-13(11)16/h9-13H,1-8H2,(H2,17,18,19). The minimum Gasteiger partial charge on any atom is -0.321 e. The van der Waals surface area contributed by atoms with Crippen molar-refractivity contribution in [2.75, 3.05) is 0 Å². The normalized spacial score (nSPS) is 36.9. The van der Waals surface area contributed by atoms with Crippen molar-refractivity contribution < 1.29 is 23.1 Å². The quantitative estimate of drug-likeness (QED) is 0.772. The molecule has 3 nitrogen and oxygen atoms in total. The Morgan fingerprint density at radius 2 is 1.50 bits per heavy atom. The van der Waals surface area contributed by atoms with E-state index in [1.54, 1.807) is 0 Å². The van der Waals surface area contributed by atoms with Crippen molar-refractivity contribution >= 4 is 7.60 Å². The second-order valence-electron chi connectivity index (χ2n) is 6.01. The van der Waals surface area contributed by atoms with E-state index in [-0.39, 0.29) is 5.31 Å². The van der Waals surface area contributed by atoms with Gasteiger partial charge in [0.1, 0.15) is 12.3 Å². The third kappa shape index (κ3) is 3.90. The average Bonchev–Trinajstić information content (AvgIpc) is 2.38. The van der Waals surface area contributed by atoms with Crippen LogP contribution in [0.5, 0.6) is 0 Å². The van der Waals surface area contributed by atoms with E-state index in [4.69, 9.17) is 0 Å². The van der Waals surface area contributed by atoms with Gasteiger partial charge in [0.2, 0.25) is 0 Å². The Morgan fingerprint density at radius 3 is 2.05 bits per heavy atom. The highest BCUT2D eigenvalue weighted by molar-refractivity contribution is 7.56. The minimum absolute atomic E-state index is 0.153. The van der Waals surface area contributed by atoms with Crippen LogP contribution in [0.4, 0.5) is 8.78 Å². The topological polar surface area (TPSA) is 57.5 Å². The lowest BCUT2D eigenvalue weighted by Gasteiger charge is -2.31. The molecule has 4 atom stereocenters. The molecule has 0 spiro atoms. The number of hydrogen-bond donors (Lipinski definition) is 2. The number of alkyl halides is 2. The predicted molar refractivity (Wildman–Crippen MR) is 73.8 cm³/mol. The van der Waals surface area contributed by atoms with Gasteiger partial charge >= 0.3 is 7.60 Å². The third-order valence-electron chi connectivity index (χ3n) is 4.51. The summed E-state index contributed by atoms with van der Waals surface area (Å²) in [4.78, 5) is 19.0. The van der Waals surface area contributed by atoms with E-state index < -0.39 is 31.8 Å². The first kappa shape index (κ1) is 16.1. The zero-order chi connectivity index (χ0) is 14.8. The number of rotatable bonds is 3. The molecule has 2 aliphatic rings. The Balaban J connectivity index is 2.24. The van der Waals surface area contributed by atoms with Gasteiger partial charge in [0.05, 0.1) is 0 Å². The molecule has 0 aromatic carbocycles. The molecule has 2 fully saturated rings. The van der Waals surface area contributed by atoms with Crippen molar-refractivity contribution in [1.82, 2.24) is 0 Å². The van der Waals surface area contributed by atoms with Crippen LogP contribution in [-0.4, -0.2) is 22.1 Å². The Bertz CT molecular complexity index is 407. The van der Waals surface area contributed by atoms with Gasteiger partial charge in [0.25, 0.3) is 0 Å². The van der Waals surface area contributed by atoms with Gasteiger partial charge < -0.3 is 9.79 Å². The van der Waals surface area contributed by atoms with Crippen molar-refractivity contribution in [2.45, 2.75) is 63.7 Å². The van der Waals surface area contributed by atoms with E-state index in [2.05, 4.69) is 0 Å². The zero-order valence-corrected chi connectivity index (χ0v) is 12.4. The van der Waals surface area contributed by atoms with Gasteiger partial charge in [-0.3, -0.25) is 4.57 Å². The van der Waals surface area contributed by atoms with E-state index in [9.17, 15) is 23.1 Å². The summed E-state index contributed by atoms with van der Waals surface area (Å²) in [5.74, 6) is -1.21. The van der Waals surface area contributed by atoms with Crippen LogP contribution < -0.4 is 0 Å². The fourth-order valence-corrected chi connectivity index (χ4v) is 4.49. The van der Waals surface area contributed by atoms with Crippen LogP contribution in [0.2, 0.25) is 0 Å². The number of halogens is 2. The molecule has 0 radical (unpaired) electrons. The fourth-order valence-electron chi connectivity index (χ4n) is 3.38. The summed E-state index contributed by atoms with van der Waals surface area (Å²) in [5, 5.41) is -0.153. The smallest absolute Gasteiger partial charge is 0.321 e. The molecule has 2 aliphatic carbocycles. The lowest BCUT2D eigenvalue weighted by molar-refractivity contribution is 0.182. The molecule has 2 N–H and O–H groups in total. The van der Waals surface area contributed by atoms with Gasteiger partial charge in [-0.1, -0.05) is 31.8 Å². The Labute approximate surface area is 118 Å². The molecule has 20 heavy (non-hydrogen) atoms. The highest BCUT2D eigenvalue weighted by atomic mass is 31.2. The average molecular weight is 308 g/mol. The molecule has 0 bridgehead atoms. The summed E-state index contributed by atoms with van der Waals surface area (Å²) >= 11 is 0. The zero-order valence-electron chi connectivity index (χ0n) is 11.5. The maximum Gasteiger partial charge on any atom is 0.352 e. The van der Waals surface area contributed by atoms with E-state index in [1.807, 2.05) is 0 Å². The summed E-state index contributed by atoms with van der Waals surface area (Å²) < 4.78 is 39.6. The van der Waals surface area contributed by atoms with Crippen LogP contribution in [0.1, 0.15) is 51.4 Å². The van der Waals surface area contributed by atoms with Crippen molar-refractivity contribution in [3.63, 3.8) is 0 Å². The molecular weight excluding hydrogens is 285 g/mol. The van der Waals surface area contributed by atoms with Gasteiger partial charge in [0.15, 0.2) is 0 Å². The minimum atomic E-state index is -4.52. The highest BCUT2D eigenvalue weighted by Crippen LogP contribution is 2.54. The Morgan fingerprint density at radius 1 is 0.950 bits per heavy atom. The van der Waals surface area contributed by atoms with Gasteiger partial charge in [-0.15, -0.1) is 0 Å². The maximum atomic E-state index is 14.0. The van der Waals surface area contributed by atoms with Crippen LogP contribution in [-0.2, 0) is 4.57 Å². The Kier molecular flexibility index (Phi) is 5.38. The first-order valence-corrected chi connectivity index (χ1v) is 9.07. The lowest BCUT2D eigenvalue weighted by Crippen LogP contribution is -2.25. The summed E-state index contributed by atoms with van der Waals surface area (Å²) in [6.07, 6.45) is 4.09. The van der Waals surface area contributed by atoms with Crippen LogP contribution in [0.25, 0.3) is 0 Å². The van der Waals surface area contributed by atoms with Crippen molar-refractivity contribution in [1.29, 1.82) is 0 Å². The third-order valence-corrected chi connectivity index (χ3v) is 5.67. The highest BCUT2D eigenvalue weighted by Gasteiger charge is 2.37. The molecule has 116 valence electrons. The van der Waals surface area contributed by atoms with Crippen molar-refractivity contribution in [3.05, 3.63) is 11.4 Å². The van der Waals surface area contributed by atoms with Crippen LogP contribution in [0, 0.1) is 11.8 Å². The van der Waals surface area contributed by atoms with Gasteiger partial charge in [-0.25, -0.2) is 8.78 Å². The van der Waals surface area contributed by atoms with E-state index in [0.717, 1.165) is 25.7 Å². The summed E-state index contributed by atoms with van der Waals surface area (Å²) in [7, 11) is -4.52. The monoisotopic (exact) mass is 308 g/mol. The largest absolute Gasteiger partial charge is 0.352 e. The number of hydrogen-bond acceptors (Lipinski definition) is 1. The molecule has 0 aromatic rings. The SMILES string of the molecule is O=P(O)(O)C(=CC1CCCCC1F)C1CCCCC1F. The van der Waals surface area contributed by atoms with E-state index in [1.165, 1.54) is 6.08 Å². The van der Waals surface area contributed by atoms with Crippen molar-refractivity contribution in [3.8, 4) is 0 Å². The molecule has 0 heterocycles. The van der Waals surface area contributed by atoms with Crippen LogP contribution in [0.15, 0.2) is 11.4 Å². The lowest BCUT2D eigenvalue weighted by atomic mass is 9.83. The summed E-state index contributed by atoms with van der Waals surface area (Å²) in [5.41, 5.74) is 0. The van der Waals surface area contributed by atoms with E-state index >= 15 is 0 Å². The summed E-state index contributed by atoms with van der Waals surface area (Å²) in [6, 6.07) is 0. The second kappa shape index (κ2) is 6.67. The van der Waals surface area contributed by atoms with Gasteiger partial charge in [0, 0.05) is 17.2 Å². The molecule has 4 unspecified atom stereocenters. The molecule has 0 aromatic heterocycles. The molecule has 2 rings (SSSR count). The molecule has 6 heteroatoms. The first-order valence-electron chi connectivity index (χ1n) is 7.45. The first-order chi connectivity index (χ1) is 9.39. The molecule has 0 amide bonds. The van der Waals surface area contributed by atoms with Gasteiger partial charge in [-0.2, -0.15) is 0 Å².